The summed E-state index contributed by atoms with van der Waals surface area (Å²) in [5.74, 6) is 5.37. The number of alkyl halides is 3. The van der Waals surface area contributed by atoms with Crippen LogP contribution in [0.1, 0.15) is 87.3 Å². The molecule has 0 radical (unpaired) electrons. The Hall–Kier alpha value is -5.24. The van der Waals surface area contributed by atoms with Crippen molar-refractivity contribution in [2.75, 3.05) is 47.1 Å². The average Bonchev–Trinajstić information content (AvgIpc) is 3.31. The zero-order chi connectivity index (χ0) is 47.4. The van der Waals surface area contributed by atoms with Gasteiger partial charge in [0.15, 0.2) is 0 Å². The molecule has 0 spiro atoms. The Labute approximate surface area is 405 Å². The van der Waals surface area contributed by atoms with Crippen LogP contribution in [0.2, 0.25) is 0 Å². The molecule has 3 rings (SSSR count). The first-order valence-corrected chi connectivity index (χ1v) is 24.9. The summed E-state index contributed by atoms with van der Waals surface area (Å²) in [6.45, 7) is 1.18. The van der Waals surface area contributed by atoms with Crippen molar-refractivity contribution in [1.82, 2.24) is 37.2 Å². The molecule has 1 heterocycles. The first-order chi connectivity index (χ1) is 31.4. The van der Waals surface area contributed by atoms with E-state index in [0.717, 1.165) is 11.1 Å². The molecule has 3 atom stereocenters. The van der Waals surface area contributed by atoms with Crippen LogP contribution >= 0.6 is 47.8 Å². The first kappa shape index (κ1) is 54.1. The minimum atomic E-state index is -1.16. The fraction of sp³-hybridized carbons (Fsp3) is 0.478. The van der Waals surface area contributed by atoms with E-state index in [1.165, 1.54) is 0 Å². The molecule has 2 aromatic rings. The number of anilines is 1. The highest BCUT2D eigenvalue weighted by Crippen LogP contribution is 2.26. The quantitative estimate of drug-likeness (QED) is 0.0381. The monoisotopic (exact) mass is 1090 g/mol. The van der Waals surface area contributed by atoms with Gasteiger partial charge in [0.25, 0.3) is 0 Å². The lowest BCUT2D eigenvalue weighted by atomic mass is 10.0. The molecular weight excluding hydrogens is 1030 g/mol. The number of amides is 8. The highest BCUT2D eigenvalue weighted by molar-refractivity contribution is 9.09. The highest BCUT2D eigenvalue weighted by atomic mass is 79.9. The highest BCUT2D eigenvalue weighted by Gasteiger charge is 2.30. The molecule has 8 amide bonds. The number of halogens is 3. The largest absolute Gasteiger partial charge is 0.355 e. The van der Waals surface area contributed by atoms with Gasteiger partial charge in [0.1, 0.15) is 18.1 Å². The third-order valence-corrected chi connectivity index (χ3v) is 11.6. The lowest BCUT2D eigenvalue weighted by Gasteiger charge is -2.26. The van der Waals surface area contributed by atoms with E-state index in [4.69, 9.17) is 6.42 Å². The number of unbranched alkanes of at least 4 members (excludes halogenated alkanes) is 3. The van der Waals surface area contributed by atoms with Crippen LogP contribution in [0.5, 0.6) is 0 Å². The second kappa shape index (κ2) is 30.8. The summed E-state index contributed by atoms with van der Waals surface area (Å²) < 4.78 is 0. The molecule has 16 nitrogen and oxygen atoms in total. The number of hydrogen-bond acceptors (Lipinski definition) is 8. The number of benzene rings is 2. The summed E-state index contributed by atoms with van der Waals surface area (Å²) in [6, 6.07) is 11.5. The van der Waals surface area contributed by atoms with Crippen molar-refractivity contribution in [2.24, 2.45) is 0 Å². The summed E-state index contributed by atoms with van der Waals surface area (Å²) in [6.07, 6.45) is 8.15. The molecule has 7 N–H and O–H groups in total. The second-order valence-electron chi connectivity index (χ2n) is 15.0. The third kappa shape index (κ3) is 20.2. The Kier molecular flexibility index (Phi) is 25.6. The molecule has 19 heteroatoms. The predicted octanol–water partition coefficient (Wildman–Crippen LogP) is 2.96. The van der Waals surface area contributed by atoms with Crippen LogP contribution in [0.4, 0.5) is 5.69 Å². The van der Waals surface area contributed by atoms with Gasteiger partial charge >= 0.3 is 0 Å². The zero-order valence-corrected chi connectivity index (χ0v) is 41.0. The van der Waals surface area contributed by atoms with E-state index in [1.807, 2.05) is 48.5 Å². The molecule has 0 saturated carbocycles. The minimum absolute atomic E-state index is 0.0759. The van der Waals surface area contributed by atoms with E-state index in [9.17, 15) is 38.4 Å². The Morgan fingerprint density at radius 3 is 1.55 bits per heavy atom. The molecule has 0 aliphatic carbocycles. The summed E-state index contributed by atoms with van der Waals surface area (Å²) in [7, 11) is 0. The van der Waals surface area contributed by atoms with E-state index >= 15 is 0 Å². The van der Waals surface area contributed by atoms with Gasteiger partial charge in [-0.3, -0.25) is 38.4 Å². The van der Waals surface area contributed by atoms with Crippen LogP contribution in [-0.2, 0) is 44.9 Å². The average molecular weight is 1090 g/mol. The number of nitrogens with one attached hydrogen (secondary N) is 7. The van der Waals surface area contributed by atoms with Gasteiger partial charge in [-0.2, -0.15) is 0 Å². The SMILES string of the molecule is C#CCNC(=O)C(CCCCNC(=O)CBr)NC(=O)C(CCCCNC(=O)CBr)NC(=O)C(CCCCNC(=O)CBr)NC(=O)CCC(=O)N1Cc2ccccc2C#Cc2ccccc21. The minimum Gasteiger partial charge on any atom is -0.355 e. The van der Waals surface area contributed by atoms with Crippen LogP contribution in [0.15, 0.2) is 48.5 Å². The van der Waals surface area contributed by atoms with Crippen molar-refractivity contribution in [1.29, 1.82) is 0 Å². The maximum Gasteiger partial charge on any atom is 0.243 e. The fourth-order valence-corrected chi connectivity index (χ4v) is 7.28. The molecule has 3 unspecified atom stereocenters. The lowest BCUT2D eigenvalue weighted by molar-refractivity contribution is -0.134. The Bertz CT molecular complexity index is 2070. The molecule has 65 heavy (non-hydrogen) atoms. The smallest absolute Gasteiger partial charge is 0.243 e. The van der Waals surface area contributed by atoms with Gasteiger partial charge in [0.05, 0.1) is 34.8 Å². The molecule has 1 aliphatic rings. The molecule has 2 aromatic carbocycles. The normalized spacial score (nSPS) is 12.6. The zero-order valence-electron chi connectivity index (χ0n) is 36.2. The van der Waals surface area contributed by atoms with E-state index < -0.39 is 41.8 Å². The van der Waals surface area contributed by atoms with Gasteiger partial charge in [0, 0.05) is 43.6 Å². The maximum absolute atomic E-state index is 14.2. The van der Waals surface area contributed by atoms with Crippen LogP contribution in [-0.4, -0.2) is 108 Å². The second-order valence-corrected chi connectivity index (χ2v) is 16.7. The predicted molar refractivity (Wildman–Crippen MR) is 259 cm³/mol. The van der Waals surface area contributed by atoms with Crippen LogP contribution in [0, 0.1) is 24.2 Å². The number of hydrogen-bond donors (Lipinski definition) is 7. The van der Waals surface area contributed by atoms with Crippen molar-refractivity contribution >= 4 is 101 Å². The van der Waals surface area contributed by atoms with Gasteiger partial charge in [-0.25, -0.2) is 0 Å². The van der Waals surface area contributed by atoms with Crippen LogP contribution in [0.3, 0.4) is 0 Å². The van der Waals surface area contributed by atoms with Gasteiger partial charge in [-0.15, -0.1) is 6.42 Å². The van der Waals surface area contributed by atoms with E-state index in [2.05, 4.69) is 103 Å². The Balaban J connectivity index is 1.79. The topological polar surface area (TPSA) is 224 Å². The Morgan fingerprint density at radius 1 is 0.569 bits per heavy atom. The molecule has 0 aromatic heterocycles. The first-order valence-electron chi connectivity index (χ1n) is 21.5. The van der Waals surface area contributed by atoms with Gasteiger partial charge < -0.3 is 42.1 Å². The molecule has 350 valence electrons. The number of terminal acetylenes is 1. The van der Waals surface area contributed by atoms with Crippen LogP contribution in [0.25, 0.3) is 0 Å². The standard InChI is InChI=1S/C46H57Br3N8O8/c1-2-24-53-44(63)35(16-7-10-25-50-40(59)28-47)55-46(65)37(18-9-12-27-52-42(61)30-49)56-45(64)36(17-8-11-26-51-41(60)29-48)54-39(58)22-23-43(62)57-31-34-15-4-3-13-32(34)20-21-33-14-5-6-19-38(33)57/h1,3-6,13-15,19,35-37H,7-12,16-18,22-31H2,(H,50,59)(H,51,60)(H,52,61)(H,53,63)(H,54,58)(H,55,65)(H,56,64). The molecule has 1 aliphatic heterocycles. The van der Waals surface area contributed by atoms with Crippen LogP contribution < -0.4 is 42.1 Å². The summed E-state index contributed by atoms with van der Waals surface area (Å²) >= 11 is 9.32. The van der Waals surface area contributed by atoms with Gasteiger partial charge in [-0.05, 0) is 81.5 Å². The number of carbonyl (C=O) groups excluding carboxylic acids is 8. The lowest BCUT2D eigenvalue weighted by Crippen LogP contribution is -2.56. The van der Waals surface area contributed by atoms with Crippen molar-refractivity contribution in [2.45, 2.75) is 95.3 Å². The number of fused-ring (bicyclic) bond motifs is 2. The van der Waals surface area contributed by atoms with Gasteiger partial charge in [-0.1, -0.05) is 95.9 Å². The van der Waals surface area contributed by atoms with E-state index in [0.29, 0.717) is 69.4 Å². The molecule has 0 bridgehead atoms. The van der Waals surface area contributed by atoms with Crippen molar-refractivity contribution < 1.29 is 38.4 Å². The van der Waals surface area contributed by atoms with E-state index in [1.54, 1.807) is 4.90 Å². The summed E-state index contributed by atoms with van der Waals surface area (Å²) in [4.78, 5) is 106. The van der Waals surface area contributed by atoms with E-state index in [-0.39, 0.29) is 84.8 Å². The summed E-state index contributed by atoms with van der Waals surface area (Å²) in [5, 5.41) is 19.6. The molecule has 0 saturated heterocycles. The fourth-order valence-electron chi connectivity index (χ4n) is 6.69. The molecule has 0 fully saturated rings. The Morgan fingerprint density at radius 2 is 1.03 bits per heavy atom. The maximum atomic E-state index is 14.2. The summed E-state index contributed by atoms with van der Waals surface area (Å²) in [5.41, 5.74) is 2.94. The third-order valence-electron chi connectivity index (χ3n) is 10.1. The number of nitrogens with zero attached hydrogens (tertiary/aromatic N) is 1. The number of carbonyl (C=O) groups is 8. The van der Waals surface area contributed by atoms with Crippen molar-refractivity contribution in [3.05, 3.63) is 65.2 Å². The van der Waals surface area contributed by atoms with Crippen molar-refractivity contribution in [3.8, 4) is 24.2 Å². The molecular formula is C46H57Br3N8O8. The van der Waals surface area contributed by atoms with Gasteiger partial charge in [0.2, 0.25) is 47.3 Å². The number of para-hydroxylation sites is 1. The number of rotatable bonds is 28. The van der Waals surface area contributed by atoms with Crippen molar-refractivity contribution in [3.63, 3.8) is 0 Å².